The van der Waals surface area contributed by atoms with Gasteiger partial charge in [-0.3, -0.25) is 9.44 Å². The Labute approximate surface area is 267 Å². The molecule has 200 valence electrons. The molecule has 0 unspecified atom stereocenters. The van der Waals surface area contributed by atoms with Crippen LogP contribution in [-0.4, -0.2) is 53.3 Å². The standard InChI is InChI=1S/C20H26N2O10S4.2Na/c1-13(2)33(23,24)21-17-9-7-15(19(11-17)35(27,28)29)5-6-16-8-10-18(12-20(16)36(30,31)32)22-34(25,26)14(3)4;;/h5-14,21-22H,1-4H3,(H,27,28,29)(H,30,31,32);;/q;2*+1/p-2/b6-5+;;. The molecule has 0 aliphatic rings. The fourth-order valence-electron chi connectivity index (χ4n) is 2.65. The normalized spacial score (nSPS) is 12.7. The second kappa shape index (κ2) is 13.9. The second-order valence-electron chi connectivity index (χ2n) is 8.14. The van der Waals surface area contributed by atoms with Crippen molar-refractivity contribution in [2.75, 3.05) is 9.44 Å². The van der Waals surface area contributed by atoms with Crippen molar-refractivity contribution in [3.63, 3.8) is 0 Å². The molecule has 0 aliphatic heterocycles. The van der Waals surface area contributed by atoms with E-state index in [2.05, 4.69) is 9.44 Å². The van der Waals surface area contributed by atoms with Crippen LogP contribution in [0.4, 0.5) is 11.4 Å². The minimum Gasteiger partial charge on any atom is -0.744 e. The summed E-state index contributed by atoms with van der Waals surface area (Å²) in [4.78, 5) is -1.59. The molecule has 0 radical (unpaired) electrons. The zero-order valence-electron chi connectivity index (χ0n) is 21.5. The zero-order chi connectivity index (χ0) is 27.7. The van der Waals surface area contributed by atoms with Crippen LogP contribution < -0.4 is 68.6 Å². The first-order valence-corrected chi connectivity index (χ1v) is 16.1. The number of hydrogen-bond donors (Lipinski definition) is 2. The predicted octanol–water partition coefficient (Wildman–Crippen LogP) is -4.03. The number of hydrogen-bond acceptors (Lipinski definition) is 10. The fraction of sp³-hybridized carbons (Fsp3) is 0.300. The van der Waals surface area contributed by atoms with Crippen molar-refractivity contribution in [2.45, 2.75) is 48.0 Å². The van der Waals surface area contributed by atoms with Gasteiger partial charge in [-0.15, -0.1) is 0 Å². The molecular formula is C20H24N2Na2O10S4. The quantitative estimate of drug-likeness (QED) is 0.148. The number of nitrogens with one attached hydrogen (secondary N) is 2. The molecule has 0 saturated carbocycles. The van der Waals surface area contributed by atoms with E-state index in [1.54, 1.807) is 0 Å². The Bertz CT molecular complexity index is 1500. The first-order valence-electron chi connectivity index (χ1n) is 10.2. The zero-order valence-corrected chi connectivity index (χ0v) is 28.8. The van der Waals surface area contributed by atoms with E-state index in [4.69, 9.17) is 0 Å². The Kier molecular flexibility index (Phi) is 13.7. The average molecular weight is 627 g/mol. The van der Waals surface area contributed by atoms with Crippen LogP contribution in [0.1, 0.15) is 38.8 Å². The molecule has 0 saturated heterocycles. The van der Waals surface area contributed by atoms with Crippen molar-refractivity contribution >= 4 is 63.8 Å². The van der Waals surface area contributed by atoms with E-state index in [1.165, 1.54) is 39.8 Å². The Hall–Kier alpha value is -0.500. The van der Waals surface area contributed by atoms with Crippen LogP contribution in [0, 0.1) is 0 Å². The molecule has 0 aliphatic carbocycles. The molecule has 0 spiro atoms. The van der Waals surface area contributed by atoms with Gasteiger partial charge < -0.3 is 9.11 Å². The van der Waals surface area contributed by atoms with Crippen LogP contribution in [0.2, 0.25) is 0 Å². The summed E-state index contributed by atoms with van der Waals surface area (Å²) in [6, 6.07) is 6.27. The van der Waals surface area contributed by atoms with Crippen molar-refractivity contribution < 1.29 is 102 Å². The van der Waals surface area contributed by atoms with E-state index in [-0.39, 0.29) is 81.6 Å². The summed E-state index contributed by atoms with van der Waals surface area (Å²) < 4.78 is 123. The fourth-order valence-corrected chi connectivity index (χ4v) is 5.42. The molecule has 2 aromatic rings. The van der Waals surface area contributed by atoms with Gasteiger partial charge in [0.2, 0.25) is 20.0 Å². The summed E-state index contributed by atoms with van der Waals surface area (Å²) in [6.07, 6.45) is 2.10. The number of rotatable bonds is 10. The van der Waals surface area contributed by atoms with Gasteiger partial charge in [-0.2, -0.15) is 0 Å². The second-order valence-corrected chi connectivity index (χ2v) is 15.3. The molecule has 0 fully saturated rings. The minimum absolute atomic E-state index is 0. The summed E-state index contributed by atoms with van der Waals surface area (Å²) in [5, 5.41) is -1.69. The predicted molar refractivity (Wildman–Crippen MR) is 133 cm³/mol. The van der Waals surface area contributed by atoms with Crippen molar-refractivity contribution in [3.05, 3.63) is 47.5 Å². The van der Waals surface area contributed by atoms with Crippen LogP contribution >= 0.6 is 0 Å². The summed E-state index contributed by atoms with van der Waals surface area (Å²) in [6.45, 7) is 5.58. The third-order valence-corrected chi connectivity index (χ3v) is 10.1. The molecule has 0 heterocycles. The first-order chi connectivity index (χ1) is 16.2. The largest absolute Gasteiger partial charge is 1.00 e. The third kappa shape index (κ3) is 10.2. The summed E-state index contributed by atoms with van der Waals surface area (Å²) in [7, 11) is -17.9. The summed E-state index contributed by atoms with van der Waals surface area (Å²) in [5.74, 6) is 0. The Morgan fingerprint density at radius 1 is 0.605 bits per heavy atom. The van der Waals surface area contributed by atoms with Crippen molar-refractivity contribution in [1.82, 2.24) is 0 Å². The van der Waals surface area contributed by atoms with Crippen LogP contribution in [0.3, 0.4) is 0 Å². The summed E-state index contributed by atoms with van der Waals surface area (Å²) >= 11 is 0. The van der Waals surface area contributed by atoms with E-state index < -0.39 is 60.6 Å². The summed E-state index contributed by atoms with van der Waals surface area (Å²) in [5.41, 5.74) is -0.785. The maximum absolute atomic E-state index is 12.1. The molecule has 0 aromatic heterocycles. The smallest absolute Gasteiger partial charge is 0.744 e. The van der Waals surface area contributed by atoms with Gasteiger partial charge in [0.05, 0.1) is 20.3 Å². The van der Waals surface area contributed by atoms with Gasteiger partial charge in [0.1, 0.15) is 20.2 Å². The molecule has 12 nitrogen and oxygen atoms in total. The van der Waals surface area contributed by atoms with Gasteiger partial charge in [0.25, 0.3) is 0 Å². The van der Waals surface area contributed by atoms with E-state index >= 15 is 0 Å². The SMILES string of the molecule is CC(C)S(=O)(=O)Nc1ccc(/C=C/c2ccc(NS(=O)(=O)C(C)C)cc2S(=O)(=O)[O-])c(S(=O)(=O)[O-])c1.[Na+].[Na+]. The van der Waals surface area contributed by atoms with Crippen LogP contribution in [-0.2, 0) is 40.3 Å². The van der Waals surface area contributed by atoms with Crippen molar-refractivity contribution in [2.24, 2.45) is 0 Å². The van der Waals surface area contributed by atoms with Crippen LogP contribution in [0.15, 0.2) is 46.2 Å². The van der Waals surface area contributed by atoms with Gasteiger partial charge >= 0.3 is 59.1 Å². The van der Waals surface area contributed by atoms with Crippen molar-refractivity contribution in [1.29, 1.82) is 0 Å². The Balaban J connectivity index is 0.00000684. The molecule has 38 heavy (non-hydrogen) atoms. The third-order valence-electron chi connectivity index (χ3n) is 4.77. The molecule has 2 rings (SSSR count). The average Bonchev–Trinajstić information content (AvgIpc) is 2.71. The van der Waals surface area contributed by atoms with E-state index in [0.29, 0.717) is 0 Å². The topological polar surface area (TPSA) is 207 Å². The molecule has 2 aromatic carbocycles. The molecule has 18 heteroatoms. The van der Waals surface area contributed by atoms with E-state index in [1.807, 2.05) is 0 Å². The maximum Gasteiger partial charge on any atom is 1.00 e. The van der Waals surface area contributed by atoms with Crippen molar-refractivity contribution in [3.8, 4) is 0 Å². The Morgan fingerprint density at radius 3 is 1.13 bits per heavy atom. The number of anilines is 2. The van der Waals surface area contributed by atoms with Crippen LogP contribution in [0.5, 0.6) is 0 Å². The monoisotopic (exact) mass is 626 g/mol. The van der Waals surface area contributed by atoms with Gasteiger partial charge in [0, 0.05) is 11.4 Å². The molecular weight excluding hydrogens is 602 g/mol. The molecule has 0 amide bonds. The van der Waals surface area contributed by atoms with Gasteiger partial charge in [0.15, 0.2) is 0 Å². The van der Waals surface area contributed by atoms with Crippen LogP contribution in [0.25, 0.3) is 12.2 Å². The molecule has 0 bridgehead atoms. The maximum atomic E-state index is 12.1. The van der Waals surface area contributed by atoms with E-state index in [9.17, 15) is 42.8 Å². The first kappa shape index (κ1) is 37.5. The molecule has 2 N–H and O–H groups in total. The number of sulfonamides is 2. The van der Waals surface area contributed by atoms with E-state index in [0.717, 1.165) is 36.4 Å². The number of benzene rings is 2. The minimum atomic E-state index is -5.10. The van der Waals surface area contributed by atoms with Gasteiger partial charge in [-0.05, 0) is 63.1 Å². The Morgan fingerprint density at radius 2 is 0.895 bits per heavy atom. The van der Waals surface area contributed by atoms with Gasteiger partial charge in [-0.1, -0.05) is 24.3 Å². The van der Waals surface area contributed by atoms with Gasteiger partial charge in [-0.25, -0.2) is 33.7 Å². The molecule has 0 atom stereocenters.